The standard InChI is InChI=1S/C10H22N2O3/c1-10(2,3)15-9(14)11-8(7-13)6-12(4)5/h8,13H,6-7H2,1-5H3,(H,11,14). The Kier molecular flexibility index (Phi) is 5.60. The molecule has 0 rings (SSSR count). The van der Waals surface area contributed by atoms with Gasteiger partial charge in [0.15, 0.2) is 0 Å². The number of carbonyl (C=O) groups is 1. The van der Waals surface area contributed by atoms with Crippen LogP contribution >= 0.6 is 0 Å². The van der Waals surface area contributed by atoms with E-state index in [9.17, 15) is 4.79 Å². The van der Waals surface area contributed by atoms with Crippen LogP contribution < -0.4 is 5.32 Å². The zero-order valence-corrected chi connectivity index (χ0v) is 10.2. The monoisotopic (exact) mass is 218 g/mol. The predicted molar refractivity (Wildman–Crippen MR) is 58.8 cm³/mol. The number of alkyl carbamates (subject to hydrolysis) is 1. The maximum absolute atomic E-state index is 11.3. The Hall–Kier alpha value is -0.810. The molecule has 1 unspecified atom stereocenters. The summed E-state index contributed by atoms with van der Waals surface area (Å²) in [6.07, 6.45) is -0.497. The molecule has 0 aromatic carbocycles. The van der Waals surface area contributed by atoms with Crippen molar-refractivity contribution in [2.24, 2.45) is 0 Å². The Morgan fingerprint density at radius 3 is 2.33 bits per heavy atom. The van der Waals surface area contributed by atoms with Crippen LogP contribution in [0.5, 0.6) is 0 Å². The summed E-state index contributed by atoms with van der Waals surface area (Å²) in [5.74, 6) is 0. The van der Waals surface area contributed by atoms with E-state index in [0.29, 0.717) is 6.54 Å². The lowest BCUT2D eigenvalue weighted by atomic mass is 10.2. The zero-order valence-electron chi connectivity index (χ0n) is 10.2. The van der Waals surface area contributed by atoms with Crippen molar-refractivity contribution in [3.63, 3.8) is 0 Å². The van der Waals surface area contributed by atoms with Crippen LogP contribution in [0.1, 0.15) is 20.8 Å². The normalized spacial score (nSPS) is 13.8. The van der Waals surface area contributed by atoms with E-state index in [4.69, 9.17) is 9.84 Å². The molecule has 0 fully saturated rings. The fourth-order valence-electron chi connectivity index (χ4n) is 1.06. The number of nitrogens with zero attached hydrogens (tertiary/aromatic N) is 1. The molecule has 15 heavy (non-hydrogen) atoms. The molecule has 90 valence electrons. The van der Waals surface area contributed by atoms with Gasteiger partial charge in [-0.3, -0.25) is 0 Å². The van der Waals surface area contributed by atoms with Crippen LogP contribution in [0.2, 0.25) is 0 Å². The first kappa shape index (κ1) is 14.2. The highest BCUT2D eigenvalue weighted by atomic mass is 16.6. The Morgan fingerprint density at radius 1 is 1.47 bits per heavy atom. The van der Waals surface area contributed by atoms with Gasteiger partial charge in [0.2, 0.25) is 0 Å². The van der Waals surface area contributed by atoms with Gasteiger partial charge in [0, 0.05) is 6.54 Å². The molecule has 2 N–H and O–H groups in total. The van der Waals surface area contributed by atoms with Gasteiger partial charge in [-0.1, -0.05) is 0 Å². The average Bonchev–Trinajstić information content (AvgIpc) is 1.98. The van der Waals surface area contributed by atoms with Crippen molar-refractivity contribution in [3.8, 4) is 0 Å². The average molecular weight is 218 g/mol. The van der Waals surface area contributed by atoms with Crippen LogP contribution in [0.3, 0.4) is 0 Å². The number of hydrogen-bond acceptors (Lipinski definition) is 4. The smallest absolute Gasteiger partial charge is 0.407 e. The molecule has 0 saturated carbocycles. The summed E-state index contributed by atoms with van der Waals surface area (Å²) < 4.78 is 5.07. The molecule has 0 aliphatic rings. The Labute approximate surface area is 91.4 Å². The molecular formula is C10H22N2O3. The first-order valence-corrected chi connectivity index (χ1v) is 4.99. The zero-order chi connectivity index (χ0) is 12.1. The highest BCUT2D eigenvalue weighted by Gasteiger charge is 2.19. The van der Waals surface area contributed by atoms with E-state index < -0.39 is 11.7 Å². The number of rotatable bonds is 4. The Morgan fingerprint density at radius 2 is 2.00 bits per heavy atom. The van der Waals surface area contributed by atoms with Crippen molar-refractivity contribution in [1.82, 2.24) is 10.2 Å². The lowest BCUT2D eigenvalue weighted by molar-refractivity contribution is 0.0472. The molecule has 1 amide bonds. The van der Waals surface area contributed by atoms with Crippen LogP contribution in [0, 0.1) is 0 Å². The third-order valence-corrected chi connectivity index (χ3v) is 1.53. The molecule has 0 bridgehead atoms. The van der Waals surface area contributed by atoms with Gasteiger partial charge in [-0.2, -0.15) is 0 Å². The molecular weight excluding hydrogens is 196 g/mol. The summed E-state index contributed by atoms with van der Waals surface area (Å²) in [6.45, 7) is 5.87. The second kappa shape index (κ2) is 5.92. The van der Waals surface area contributed by atoms with E-state index in [1.165, 1.54) is 0 Å². The number of aliphatic hydroxyl groups is 1. The molecule has 0 saturated heterocycles. The quantitative estimate of drug-likeness (QED) is 0.718. The number of ether oxygens (including phenoxy) is 1. The minimum Gasteiger partial charge on any atom is -0.444 e. The van der Waals surface area contributed by atoms with Crippen molar-refractivity contribution in [2.45, 2.75) is 32.4 Å². The molecule has 5 nitrogen and oxygen atoms in total. The summed E-state index contributed by atoms with van der Waals surface area (Å²) >= 11 is 0. The van der Waals surface area contributed by atoms with Gasteiger partial charge in [0.25, 0.3) is 0 Å². The first-order chi connectivity index (χ1) is 6.74. The molecule has 0 aliphatic carbocycles. The number of nitrogens with one attached hydrogen (secondary N) is 1. The summed E-state index contributed by atoms with van der Waals surface area (Å²) in [6, 6.07) is -0.296. The van der Waals surface area contributed by atoms with Crippen molar-refractivity contribution in [3.05, 3.63) is 0 Å². The van der Waals surface area contributed by atoms with E-state index in [1.807, 2.05) is 19.0 Å². The van der Waals surface area contributed by atoms with Gasteiger partial charge >= 0.3 is 6.09 Å². The minimum atomic E-state index is -0.512. The highest BCUT2D eigenvalue weighted by molar-refractivity contribution is 5.68. The largest absolute Gasteiger partial charge is 0.444 e. The van der Waals surface area contributed by atoms with E-state index in [0.717, 1.165) is 0 Å². The molecule has 5 heteroatoms. The summed E-state index contributed by atoms with van der Waals surface area (Å²) in [4.78, 5) is 13.2. The van der Waals surface area contributed by atoms with Crippen LogP contribution in [0.25, 0.3) is 0 Å². The summed E-state index contributed by atoms with van der Waals surface area (Å²) in [5.41, 5.74) is -0.512. The molecule has 0 aliphatic heterocycles. The Balaban J connectivity index is 4.02. The number of amides is 1. The van der Waals surface area contributed by atoms with Gasteiger partial charge in [0.1, 0.15) is 5.60 Å². The lowest BCUT2D eigenvalue weighted by Gasteiger charge is -2.24. The topological polar surface area (TPSA) is 61.8 Å². The van der Waals surface area contributed by atoms with Crippen molar-refractivity contribution >= 4 is 6.09 Å². The third kappa shape index (κ3) is 8.20. The number of hydrogen-bond donors (Lipinski definition) is 2. The highest BCUT2D eigenvalue weighted by Crippen LogP contribution is 2.06. The van der Waals surface area contributed by atoms with Gasteiger partial charge in [0.05, 0.1) is 12.6 Å². The molecule has 1 atom stereocenters. The van der Waals surface area contributed by atoms with Gasteiger partial charge in [-0.15, -0.1) is 0 Å². The summed E-state index contributed by atoms with van der Waals surface area (Å²) in [5, 5.41) is 11.6. The van der Waals surface area contributed by atoms with Gasteiger partial charge in [-0.25, -0.2) is 4.79 Å². The number of aliphatic hydroxyl groups excluding tert-OH is 1. The van der Waals surface area contributed by atoms with E-state index >= 15 is 0 Å². The lowest BCUT2D eigenvalue weighted by Crippen LogP contribution is -2.45. The van der Waals surface area contributed by atoms with E-state index in [-0.39, 0.29) is 12.6 Å². The van der Waals surface area contributed by atoms with Crippen LogP contribution in [0.15, 0.2) is 0 Å². The minimum absolute atomic E-state index is 0.0998. The van der Waals surface area contributed by atoms with E-state index in [2.05, 4.69) is 5.32 Å². The third-order valence-electron chi connectivity index (χ3n) is 1.53. The van der Waals surface area contributed by atoms with Crippen LogP contribution in [-0.2, 0) is 4.74 Å². The second-order valence-corrected chi connectivity index (χ2v) is 4.79. The van der Waals surface area contributed by atoms with Crippen molar-refractivity contribution < 1.29 is 14.6 Å². The number of likely N-dealkylation sites (N-methyl/N-ethyl adjacent to an activating group) is 1. The van der Waals surface area contributed by atoms with Crippen LogP contribution in [-0.4, -0.2) is 55.0 Å². The molecule has 0 radical (unpaired) electrons. The van der Waals surface area contributed by atoms with E-state index in [1.54, 1.807) is 20.8 Å². The maximum Gasteiger partial charge on any atom is 0.407 e. The first-order valence-electron chi connectivity index (χ1n) is 4.99. The fourth-order valence-corrected chi connectivity index (χ4v) is 1.06. The molecule has 0 aromatic heterocycles. The molecule has 0 heterocycles. The summed E-state index contributed by atoms with van der Waals surface area (Å²) in [7, 11) is 3.75. The maximum atomic E-state index is 11.3. The number of carbonyl (C=O) groups excluding carboxylic acids is 1. The predicted octanol–water partition coefficient (Wildman–Crippen LogP) is 0.434. The van der Waals surface area contributed by atoms with Gasteiger partial charge in [-0.05, 0) is 34.9 Å². The molecule has 0 spiro atoms. The van der Waals surface area contributed by atoms with Crippen molar-refractivity contribution in [2.75, 3.05) is 27.2 Å². The second-order valence-electron chi connectivity index (χ2n) is 4.79. The Bertz CT molecular complexity index is 199. The van der Waals surface area contributed by atoms with Crippen LogP contribution in [0.4, 0.5) is 4.79 Å². The van der Waals surface area contributed by atoms with Gasteiger partial charge < -0.3 is 20.1 Å². The fraction of sp³-hybridized carbons (Fsp3) is 0.900. The molecule has 0 aromatic rings. The SMILES string of the molecule is CN(C)CC(CO)NC(=O)OC(C)(C)C. The van der Waals surface area contributed by atoms with Crippen molar-refractivity contribution in [1.29, 1.82) is 0 Å².